The lowest BCUT2D eigenvalue weighted by Crippen LogP contribution is -2.35. The molecule has 0 saturated carbocycles. The van der Waals surface area contributed by atoms with Gasteiger partial charge in [0.1, 0.15) is 0 Å². The standard InChI is InChI=1S/C21H35N3O3/c1-5-27-21(26)20-16(2)18(23(4)17(20)3)10-11-19(25)22-12-15-24-13-8-6-7-9-14-24/h5-15H2,1-4H3,(H,22,25). The second-order valence-corrected chi connectivity index (χ2v) is 7.42. The van der Waals surface area contributed by atoms with Crippen molar-refractivity contribution < 1.29 is 14.3 Å². The van der Waals surface area contributed by atoms with E-state index in [0.29, 0.717) is 31.6 Å². The van der Waals surface area contributed by atoms with Gasteiger partial charge in [-0.1, -0.05) is 12.8 Å². The fourth-order valence-corrected chi connectivity index (χ4v) is 3.93. The third-order valence-corrected chi connectivity index (χ3v) is 5.59. The lowest BCUT2D eigenvalue weighted by Gasteiger charge is -2.19. The largest absolute Gasteiger partial charge is 0.462 e. The fraction of sp³-hybridized carbons (Fsp3) is 0.714. The molecule has 0 spiro atoms. The van der Waals surface area contributed by atoms with E-state index in [1.807, 2.05) is 32.4 Å². The molecule has 1 aliphatic rings. The normalized spacial score (nSPS) is 15.4. The number of nitrogens with one attached hydrogen (secondary N) is 1. The molecule has 1 aromatic heterocycles. The number of likely N-dealkylation sites (tertiary alicyclic amines) is 1. The van der Waals surface area contributed by atoms with Gasteiger partial charge in [0, 0.05) is 37.9 Å². The van der Waals surface area contributed by atoms with E-state index in [1.165, 1.54) is 25.7 Å². The molecule has 1 fully saturated rings. The maximum atomic E-state index is 12.2. The van der Waals surface area contributed by atoms with Crippen LogP contribution in [0, 0.1) is 13.8 Å². The number of amides is 1. The van der Waals surface area contributed by atoms with Gasteiger partial charge >= 0.3 is 5.97 Å². The van der Waals surface area contributed by atoms with Crippen LogP contribution in [0.1, 0.15) is 66.3 Å². The van der Waals surface area contributed by atoms with Crippen molar-refractivity contribution in [2.24, 2.45) is 7.05 Å². The van der Waals surface area contributed by atoms with Gasteiger partial charge in [0.05, 0.1) is 12.2 Å². The third-order valence-electron chi connectivity index (χ3n) is 5.59. The maximum absolute atomic E-state index is 12.2. The average Bonchev–Trinajstić information content (AvgIpc) is 2.81. The summed E-state index contributed by atoms with van der Waals surface area (Å²) in [5.41, 5.74) is 3.47. The highest BCUT2D eigenvalue weighted by Crippen LogP contribution is 2.23. The van der Waals surface area contributed by atoms with Crippen LogP contribution < -0.4 is 5.32 Å². The number of esters is 1. The molecule has 1 amide bonds. The van der Waals surface area contributed by atoms with Gasteiger partial charge < -0.3 is 19.5 Å². The summed E-state index contributed by atoms with van der Waals surface area (Å²) >= 11 is 0. The van der Waals surface area contributed by atoms with Crippen LogP contribution in [-0.2, 0) is 23.0 Å². The number of carbonyl (C=O) groups is 2. The Labute approximate surface area is 163 Å². The number of aromatic nitrogens is 1. The highest BCUT2D eigenvalue weighted by Gasteiger charge is 2.22. The molecule has 6 nitrogen and oxygen atoms in total. The molecular weight excluding hydrogens is 342 g/mol. The van der Waals surface area contributed by atoms with Crippen molar-refractivity contribution in [2.75, 3.05) is 32.8 Å². The molecule has 0 bridgehead atoms. The van der Waals surface area contributed by atoms with Crippen molar-refractivity contribution in [2.45, 2.75) is 59.3 Å². The molecule has 1 N–H and O–H groups in total. The predicted molar refractivity (Wildman–Crippen MR) is 107 cm³/mol. The Morgan fingerprint density at radius 2 is 1.78 bits per heavy atom. The molecule has 0 atom stereocenters. The van der Waals surface area contributed by atoms with Crippen LogP contribution in [0.25, 0.3) is 0 Å². The molecular formula is C21H35N3O3. The molecule has 27 heavy (non-hydrogen) atoms. The van der Waals surface area contributed by atoms with Crippen molar-refractivity contribution in [1.82, 2.24) is 14.8 Å². The first-order valence-corrected chi connectivity index (χ1v) is 10.3. The molecule has 2 heterocycles. The third kappa shape index (κ3) is 5.83. The van der Waals surface area contributed by atoms with Crippen LogP contribution in [-0.4, -0.2) is 54.1 Å². The monoisotopic (exact) mass is 377 g/mol. The first-order chi connectivity index (χ1) is 13.0. The second kappa shape index (κ2) is 10.5. The summed E-state index contributed by atoms with van der Waals surface area (Å²) in [5.74, 6) is -0.211. The first-order valence-electron chi connectivity index (χ1n) is 10.3. The number of hydrogen-bond donors (Lipinski definition) is 1. The molecule has 0 unspecified atom stereocenters. The van der Waals surface area contributed by atoms with E-state index in [2.05, 4.69) is 10.2 Å². The Morgan fingerprint density at radius 1 is 1.11 bits per heavy atom. The van der Waals surface area contributed by atoms with Crippen molar-refractivity contribution in [3.8, 4) is 0 Å². The predicted octanol–water partition coefficient (Wildman–Crippen LogP) is 2.74. The first kappa shape index (κ1) is 21.5. The quantitative estimate of drug-likeness (QED) is 0.708. The molecule has 1 aromatic rings. The van der Waals surface area contributed by atoms with Gasteiger partial charge in [0.15, 0.2) is 0 Å². The van der Waals surface area contributed by atoms with Gasteiger partial charge in [-0.2, -0.15) is 0 Å². The molecule has 1 aliphatic heterocycles. The van der Waals surface area contributed by atoms with Gasteiger partial charge in [0.2, 0.25) is 5.91 Å². The van der Waals surface area contributed by atoms with E-state index >= 15 is 0 Å². The second-order valence-electron chi connectivity index (χ2n) is 7.42. The zero-order valence-electron chi connectivity index (χ0n) is 17.4. The summed E-state index contributed by atoms with van der Waals surface area (Å²) in [6, 6.07) is 0. The summed E-state index contributed by atoms with van der Waals surface area (Å²) in [4.78, 5) is 26.9. The number of nitrogens with zero attached hydrogens (tertiary/aromatic N) is 2. The topological polar surface area (TPSA) is 63.6 Å². The lowest BCUT2D eigenvalue weighted by atomic mass is 10.1. The maximum Gasteiger partial charge on any atom is 0.340 e. The van der Waals surface area contributed by atoms with Crippen LogP contribution in [0.5, 0.6) is 0 Å². The Morgan fingerprint density at radius 3 is 2.41 bits per heavy atom. The van der Waals surface area contributed by atoms with E-state index in [1.54, 1.807) is 0 Å². The van der Waals surface area contributed by atoms with Crippen molar-refractivity contribution >= 4 is 11.9 Å². The molecule has 1 saturated heterocycles. The van der Waals surface area contributed by atoms with Crippen LogP contribution in [0.15, 0.2) is 0 Å². The van der Waals surface area contributed by atoms with Crippen molar-refractivity contribution in [1.29, 1.82) is 0 Å². The minimum Gasteiger partial charge on any atom is -0.462 e. The smallest absolute Gasteiger partial charge is 0.340 e. The number of carbonyl (C=O) groups excluding carboxylic acids is 2. The highest BCUT2D eigenvalue weighted by atomic mass is 16.5. The number of rotatable bonds is 8. The van der Waals surface area contributed by atoms with Gasteiger partial charge in [0.25, 0.3) is 0 Å². The van der Waals surface area contributed by atoms with Crippen molar-refractivity contribution in [3.05, 3.63) is 22.5 Å². The van der Waals surface area contributed by atoms with Gasteiger partial charge in [-0.3, -0.25) is 4.79 Å². The van der Waals surface area contributed by atoms with Gasteiger partial charge in [-0.15, -0.1) is 0 Å². The molecule has 0 aromatic carbocycles. The molecule has 6 heteroatoms. The molecule has 2 rings (SSSR count). The zero-order valence-corrected chi connectivity index (χ0v) is 17.4. The Kier molecular flexibility index (Phi) is 8.35. The van der Waals surface area contributed by atoms with Crippen LogP contribution in [0.4, 0.5) is 0 Å². The zero-order chi connectivity index (χ0) is 19.8. The van der Waals surface area contributed by atoms with E-state index in [-0.39, 0.29) is 11.9 Å². The number of hydrogen-bond acceptors (Lipinski definition) is 4. The Hall–Kier alpha value is -1.82. The van der Waals surface area contributed by atoms with Crippen LogP contribution >= 0.6 is 0 Å². The van der Waals surface area contributed by atoms with E-state index in [0.717, 1.165) is 36.6 Å². The van der Waals surface area contributed by atoms with E-state index < -0.39 is 0 Å². The summed E-state index contributed by atoms with van der Waals surface area (Å²) in [6.45, 7) is 9.96. The van der Waals surface area contributed by atoms with Gasteiger partial charge in [-0.25, -0.2) is 4.79 Å². The highest BCUT2D eigenvalue weighted by molar-refractivity contribution is 5.93. The van der Waals surface area contributed by atoms with E-state index in [4.69, 9.17) is 4.74 Å². The minimum absolute atomic E-state index is 0.0701. The summed E-state index contributed by atoms with van der Waals surface area (Å²) in [6.07, 6.45) is 6.24. The Bertz CT molecular complexity index is 644. The average molecular weight is 378 g/mol. The summed E-state index contributed by atoms with van der Waals surface area (Å²) in [5, 5.41) is 3.04. The Balaban J connectivity index is 1.84. The summed E-state index contributed by atoms with van der Waals surface area (Å²) < 4.78 is 7.17. The fourth-order valence-electron chi connectivity index (χ4n) is 3.93. The van der Waals surface area contributed by atoms with Crippen LogP contribution in [0.3, 0.4) is 0 Å². The SMILES string of the molecule is CCOC(=O)c1c(C)c(CCC(=O)NCCN2CCCCCC2)n(C)c1C. The minimum atomic E-state index is -0.281. The summed E-state index contributed by atoms with van der Waals surface area (Å²) in [7, 11) is 1.94. The molecule has 0 aliphatic carbocycles. The van der Waals surface area contributed by atoms with Gasteiger partial charge in [-0.05, 0) is 58.7 Å². The lowest BCUT2D eigenvalue weighted by molar-refractivity contribution is -0.121. The molecule has 152 valence electrons. The molecule has 0 radical (unpaired) electrons. The van der Waals surface area contributed by atoms with Crippen LogP contribution in [0.2, 0.25) is 0 Å². The van der Waals surface area contributed by atoms with Crippen molar-refractivity contribution in [3.63, 3.8) is 0 Å². The number of ether oxygens (including phenoxy) is 1. The van der Waals surface area contributed by atoms with E-state index in [9.17, 15) is 9.59 Å².